The van der Waals surface area contributed by atoms with Crippen LogP contribution >= 0.6 is 0 Å². The smallest absolute Gasteiger partial charge is 0.299 e. The molecule has 1 aromatic rings. The summed E-state index contributed by atoms with van der Waals surface area (Å²) in [5, 5.41) is 24.1. The lowest BCUT2D eigenvalue weighted by Crippen LogP contribution is -2.03. The van der Waals surface area contributed by atoms with Crippen molar-refractivity contribution in [1.82, 2.24) is 0 Å². The van der Waals surface area contributed by atoms with Crippen molar-refractivity contribution in [3.8, 4) is 0 Å². The lowest BCUT2D eigenvalue weighted by atomic mass is 10.2. The molecule has 1 aromatic carbocycles. The second-order valence-electron chi connectivity index (χ2n) is 3.30. The van der Waals surface area contributed by atoms with Gasteiger partial charge in [-0.3, -0.25) is 20.2 Å². The number of non-ortho nitro benzene ring substituents is 1. The lowest BCUT2D eigenvalue weighted by Gasteiger charge is -2.04. The summed E-state index contributed by atoms with van der Waals surface area (Å²) in [7, 11) is 0. The fourth-order valence-corrected chi connectivity index (χ4v) is 1.28. The minimum absolute atomic E-state index is 0.229. The highest BCUT2D eigenvalue weighted by Gasteiger charge is 2.18. The van der Waals surface area contributed by atoms with Gasteiger partial charge in [-0.1, -0.05) is 12.2 Å². The molecule has 8 nitrogen and oxygen atoms in total. The van der Waals surface area contributed by atoms with E-state index in [1.807, 2.05) is 0 Å². The molecule has 0 radical (unpaired) electrons. The Morgan fingerprint density at radius 2 is 1.94 bits per heavy atom. The summed E-state index contributed by atoms with van der Waals surface area (Å²) in [6.07, 6.45) is 3.41. The van der Waals surface area contributed by atoms with Crippen LogP contribution in [0.15, 0.2) is 30.4 Å². The van der Waals surface area contributed by atoms with Gasteiger partial charge in [0.25, 0.3) is 11.4 Å². The highest BCUT2D eigenvalue weighted by atomic mass is 16.6. The normalized spacial score (nSPS) is 10.5. The third kappa shape index (κ3) is 3.52. The minimum Gasteiger partial charge on any atom is -0.376 e. The van der Waals surface area contributed by atoms with Gasteiger partial charge >= 0.3 is 0 Å². The van der Waals surface area contributed by atoms with Crippen LogP contribution in [0, 0.1) is 20.2 Å². The molecule has 8 heteroatoms. The molecule has 0 aliphatic carbocycles. The molecule has 0 fully saturated rings. The second-order valence-corrected chi connectivity index (χ2v) is 3.30. The van der Waals surface area contributed by atoms with Crippen molar-refractivity contribution in [2.45, 2.75) is 0 Å². The Hall–Kier alpha value is -2.48. The van der Waals surface area contributed by atoms with E-state index in [0.717, 1.165) is 6.07 Å². The van der Waals surface area contributed by atoms with Crippen molar-refractivity contribution in [3.63, 3.8) is 0 Å². The van der Waals surface area contributed by atoms with Crippen molar-refractivity contribution >= 4 is 17.1 Å². The van der Waals surface area contributed by atoms with Crippen LogP contribution in [-0.2, 0) is 0 Å². The third-order valence-corrected chi connectivity index (χ3v) is 2.10. The molecule has 0 unspecified atom stereocenters. The molecule has 0 amide bonds. The van der Waals surface area contributed by atoms with E-state index >= 15 is 0 Å². The highest BCUT2D eigenvalue weighted by Crippen LogP contribution is 2.28. The van der Waals surface area contributed by atoms with E-state index in [1.54, 1.807) is 12.2 Å². The van der Waals surface area contributed by atoms with Crippen LogP contribution in [-0.4, -0.2) is 22.9 Å². The maximum atomic E-state index is 10.8. The molecule has 0 spiro atoms. The average Bonchev–Trinajstić information content (AvgIpc) is 2.34. The second kappa shape index (κ2) is 6.30. The van der Waals surface area contributed by atoms with E-state index in [9.17, 15) is 20.2 Å². The molecular formula is C10H12N4O4. The van der Waals surface area contributed by atoms with E-state index in [2.05, 4.69) is 5.32 Å². The van der Waals surface area contributed by atoms with Crippen molar-refractivity contribution in [2.75, 3.05) is 18.4 Å². The quantitative estimate of drug-likeness (QED) is 0.448. The van der Waals surface area contributed by atoms with Gasteiger partial charge in [-0.05, 0) is 6.07 Å². The number of rotatable bonds is 6. The minimum atomic E-state index is -0.675. The van der Waals surface area contributed by atoms with Crippen LogP contribution < -0.4 is 11.1 Å². The van der Waals surface area contributed by atoms with Crippen LogP contribution in [0.1, 0.15) is 0 Å². The molecule has 0 aliphatic heterocycles. The van der Waals surface area contributed by atoms with Gasteiger partial charge in [-0.15, -0.1) is 0 Å². The molecule has 18 heavy (non-hydrogen) atoms. The Morgan fingerprint density at radius 1 is 1.22 bits per heavy atom. The number of benzene rings is 1. The Bertz CT molecular complexity index is 487. The zero-order valence-corrected chi connectivity index (χ0v) is 9.41. The van der Waals surface area contributed by atoms with Gasteiger partial charge in [0.2, 0.25) is 0 Å². The van der Waals surface area contributed by atoms with Crippen LogP contribution in [0.4, 0.5) is 17.1 Å². The number of nitro benzene ring substituents is 2. The maximum absolute atomic E-state index is 10.8. The van der Waals surface area contributed by atoms with E-state index in [1.165, 1.54) is 12.1 Å². The van der Waals surface area contributed by atoms with Gasteiger partial charge in [0, 0.05) is 19.2 Å². The fourth-order valence-electron chi connectivity index (χ4n) is 1.28. The Balaban J connectivity index is 2.93. The van der Waals surface area contributed by atoms with Gasteiger partial charge in [0.15, 0.2) is 0 Å². The number of nitro groups is 2. The van der Waals surface area contributed by atoms with Crippen LogP contribution in [0.2, 0.25) is 0 Å². The monoisotopic (exact) mass is 252 g/mol. The number of hydrogen-bond donors (Lipinski definition) is 2. The number of hydrogen-bond acceptors (Lipinski definition) is 6. The largest absolute Gasteiger partial charge is 0.376 e. The number of nitrogens with zero attached hydrogens (tertiary/aromatic N) is 2. The van der Waals surface area contributed by atoms with Gasteiger partial charge in [-0.2, -0.15) is 0 Å². The number of nitrogens with two attached hydrogens (primary N) is 1. The summed E-state index contributed by atoms with van der Waals surface area (Å²) in [5.41, 5.74) is 4.83. The topological polar surface area (TPSA) is 124 Å². The molecule has 0 aromatic heterocycles. The summed E-state index contributed by atoms with van der Waals surface area (Å²) in [5.74, 6) is 0. The first-order chi connectivity index (χ1) is 8.56. The van der Waals surface area contributed by atoms with Crippen LogP contribution in [0.5, 0.6) is 0 Å². The van der Waals surface area contributed by atoms with Crippen LogP contribution in [0.25, 0.3) is 0 Å². The first kappa shape index (κ1) is 13.6. The molecule has 0 saturated heterocycles. The van der Waals surface area contributed by atoms with Gasteiger partial charge in [0.1, 0.15) is 5.69 Å². The Labute approximate surface area is 102 Å². The Morgan fingerprint density at radius 3 is 2.50 bits per heavy atom. The van der Waals surface area contributed by atoms with Gasteiger partial charge < -0.3 is 11.1 Å². The molecule has 96 valence electrons. The molecule has 0 atom stereocenters. The van der Waals surface area contributed by atoms with E-state index in [4.69, 9.17) is 5.73 Å². The number of anilines is 1. The summed E-state index contributed by atoms with van der Waals surface area (Å²) in [6.45, 7) is 0.736. The van der Waals surface area contributed by atoms with Gasteiger partial charge in [0.05, 0.1) is 15.9 Å². The Kier molecular flexibility index (Phi) is 4.76. The predicted molar refractivity (Wildman–Crippen MR) is 66.4 cm³/mol. The molecule has 0 aliphatic rings. The maximum Gasteiger partial charge on any atom is 0.299 e. The lowest BCUT2D eigenvalue weighted by molar-refractivity contribution is -0.393. The van der Waals surface area contributed by atoms with Crippen LogP contribution in [0.3, 0.4) is 0 Å². The summed E-state index contributed by atoms with van der Waals surface area (Å²) >= 11 is 0. The molecule has 0 saturated carbocycles. The first-order valence-corrected chi connectivity index (χ1v) is 5.08. The predicted octanol–water partition coefficient (Wildman–Crippen LogP) is 1.43. The zero-order chi connectivity index (χ0) is 13.5. The van der Waals surface area contributed by atoms with Gasteiger partial charge in [-0.25, -0.2) is 0 Å². The standard InChI is InChI=1S/C10H12N4O4/c11-5-1-2-6-12-9-4-3-8(13(15)16)7-10(9)14(17)18/h1-4,7,12H,5-6,11H2/b2-1+. The van der Waals surface area contributed by atoms with Crippen molar-refractivity contribution < 1.29 is 9.85 Å². The van der Waals surface area contributed by atoms with Crippen molar-refractivity contribution in [2.24, 2.45) is 5.73 Å². The molecule has 0 heterocycles. The third-order valence-electron chi connectivity index (χ3n) is 2.10. The van der Waals surface area contributed by atoms with E-state index in [-0.39, 0.29) is 17.1 Å². The first-order valence-electron chi connectivity index (χ1n) is 5.08. The van der Waals surface area contributed by atoms with Crippen molar-refractivity contribution in [3.05, 3.63) is 50.6 Å². The summed E-state index contributed by atoms with van der Waals surface area (Å²) in [6, 6.07) is 3.45. The molecule has 3 N–H and O–H groups in total. The highest BCUT2D eigenvalue weighted by molar-refractivity contribution is 5.65. The van der Waals surface area contributed by atoms with E-state index < -0.39 is 9.85 Å². The molecule has 0 bridgehead atoms. The molecular weight excluding hydrogens is 240 g/mol. The summed E-state index contributed by atoms with van der Waals surface area (Å²) in [4.78, 5) is 20.0. The zero-order valence-electron chi connectivity index (χ0n) is 9.41. The summed E-state index contributed by atoms with van der Waals surface area (Å²) < 4.78 is 0. The number of nitrogens with one attached hydrogen (secondary N) is 1. The van der Waals surface area contributed by atoms with Crippen molar-refractivity contribution in [1.29, 1.82) is 0 Å². The van der Waals surface area contributed by atoms with E-state index in [0.29, 0.717) is 13.1 Å². The molecule has 1 rings (SSSR count). The SMILES string of the molecule is NC/C=C/CNc1ccc([N+](=O)[O-])cc1[N+](=O)[O-]. The average molecular weight is 252 g/mol. The fraction of sp³-hybridized carbons (Fsp3) is 0.200.